The van der Waals surface area contributed by atoms with Gasteiger partial charge in [-0.2, -0.15) is 0 Å². The maximum absolute atomic E-state index is 12.5. The Hall–Kier alpha value is -1.55. The van der Waals surface area contributed by atoms with Crippen LogP contribution in [0.4, 0.5) is 11.4 Å². The van der Waals surface area contributed by atoms with E-state index in [1.165, 1.54) is 30.3 Å². The summed E-state index contributed by atoms with van der Waals surface area (Å²) in [7, 11) is 0. The van der Waals surface area contributed by atoms with Crippen LogP contribution >= 0.6 is 70.2 Å². The van der Waals surface area contributed by atoms with Gasteiger partial charge in [0.25, 0.3) is 11.6 Å². The molecular weight excluding hydrogens is 506 g/mol. The Kier molecular flexibility index (Phi) is 8.16. The second kappa shape index (κ2) is 9.97. The Morgan fingerprint density at radius 1 is 1.10 bits per heavy atom. The lowest BCUT2D eigenvalue weighted by atomic mass is 10.1. The van der Waals surface area contributed by atoms with E-state index in [4.69, 9.17) is 70.2 Å². The second-order valence-corrected chi connectivity index (χ2v) is 9.07. The first-order valence-corrected chi connectivity index (χ1v) is 9.92. The molecule has 29 heavy (non-hydrogen) atoms. The van der Waals surface area contributed by atoms with Crippen LogP contribution in [0.3, 0.4) is 0 Å². The Bertz CT molecular complexity index is 954. The number of carbonyl (C=O) groups is 1. The first kappa shape index (κ1) is 23.7. The van der Waals surface area contributed by atoms with Crippen LogP contribution in [0.25, 0.3) is 0 Å². The molecule has 0 aliphatic heterocycles. The Labute approximate surface area is 195 Å². The fourth-order valence-corrected chi connectivity index (χ4v) is 3.01. The number of alkyl halides is 3. The monoisotopic (exact) mass is 514 g/mol. The van der Waals surface area contributed by atoms with E-state index >= 15 is 0 Å². The third-order valence-electron chi connectivity index (χ3n) is 3.40. The topological polar surface area (TPSA) is 96.3 Å². The van der Waals surface area contributed by atoms with E-state index in [1.54, 1.807) is 12.1 Å². The molecule has 0 spiro atoms. The maximum atomic E-state index is 12.5. The van der Waals surface area contributed by atoms with E-state index < -0.39 is 26.5 Å². The molecule has 154 valence electrons. The summed E-state index contributed by atoms with van der Waals surface area (Å²) in [6.45, 7) is 0. The minimum atomic E-state index is -2.05. The Balaban J connectivity index is 2.18. The van der Waals surface area contributed by atoms with Gasteiger partial charge in [-0.15, -0.1) is 0 Å². The summed E-state index contributed by atoms with van der Waals surface area (Å²) in [6.07, 6.45) is -1.34. The van der Waals surface area contributed by atoms with Crippen LogP contribution in [0, 0.1) is 10.1 Å². The standard InChI is InChI=1S/C16H11Cl5N4O3S/c17-8-5-6-10(18)11(7-8)22-15(29)24-14(16(19,20)21)23-13(26)9-3-1-2-4-12(9)25(27)28/h1-7,14H,(H,23,26)(H2,22,24,29). The molecule has 0 aliphatic rings. The number of para-hydroxylation sites is 1. The van der Waals surface area contributed by atoms with E-state index in [2.05, 4.69) is 16.0 Å². The van der Waals surface area contributed by atoms with Gasteiger partial charge in [-0.25, -0.2) is 0 Å². The molecule has 0 saturated carbocycles. The van der Waals surface area contributed by atoms with Gasteiger partial charge in [0.1, 0.15) is 11.7 Å². The van der Waals surface area contributed by atoms with Gasteiger partial charge in [0.05, 0.1) is 15.6 Å². The number of nitro groups is 1. The van der Waals surface area contributed by atoms with Crippen LogP contribution < -0.4 is 16.0 Å². The predicted molar refractivity (Wildman–Crippen MR) is 120 cm³/mol. The molecule has 7 nitrogen and oxygen atoms in total. The van der Waals surface area contributed by atoms with Gasteiger partial charge in [0.2, 0.25) is 3.79 Å². The molecule has 0 radical (unpaired) electrons. The number of thiocarbonyl (C=S) groups is 1. The summed E-state index contributed by atoms with van der Waals surface area (Å²) >= 11 is 34.9. The third-order valence-corrected chi connectivity index (χ3v) is 4.84. The number of nitro benzene ring substituents is 1. The third kappa shape index (κ3) is 6.74. The normalized spacial score (nSPS) is 12.0. The van der Waals surface area contributed by atoms with E-state index in [-0.39, 0.29) is 10.7 Å². The number of hydrogen-bond acceptors (Lipinski definition) is 4. The number of nitrogens with zero attached hydrogens (tertiary/aromatic N) is 1. The first-order valence-electron chi connectivity index (χ1n) is 7.62. The van der Waals surface area contributed by atoms with Crippen LogP contribution in [-0.4, -0.2) is 25.9 Å². The van der Waals surface area contributed by atoms with Gasteiger partial charge in [-0.1, -0.05) is 70.1 Å². The molecule has 0 aromatic heterocycles. The minimum Gasteiger partial charge on any atom is -0.339 e. The van der Waals surface area contributed by atoms with Crippen LogP contribution in [0.5, 0.6) is 0 Å². The number of carbonyl (C=O) groups excluding carboxylic acids is 1. The molecule has 13 heteroatoms. The molecule has 3 N–H and O–H groups in total. The molecule has 2 aromatic carbocycles. The van der Waals surface area contributed by atoms with Crippen molar-refractivity contribution in [2.45, 2.75) is 9.96 Å². The highest BCUT2D eigenvalue weighted by Crippen LogP contribution is 2.30. The Morgan fingerprint density at radius 2 is 1.76 bits per heavy atom. The summed E-state index contributed by atoms with van der Waals surface area (Å²) in [6, 6.07) is 10.00. The van der Waals surface area contributed by atoms with E-state index in [0.717, 1.165) is 0 Å². The number of benzene rings is 2. The second-order valence-electron chi connectivity index (χ2n) is 5.44. The van der Waals surface area contributed by atoms with E-state index in [1.807, 2.05) is 0 Å². The van der Waals surface area contributed by atoms with Crippen molar-refractivity contribution >= 4 is 92.6 Å². The summed E-state index contributed by atoms with van der Waals surface area (Å²) in [5.74, 6) is -0.843. The van der Waals surface area contributed by atoms with Crippen molar-refractivity contribution in [1.82, 2.24) is 10.6 Å². The number of amides is 1. The molecule has 0 fully saturated rings. The zero-order valence-electron chi connectivity index (χ0n) is 14.1. The quantitative estimate of drug-likeness (QED) is 0.164. The molecule has 1 atom stereocenters. The molecule has 0 bridgehead atoms. The van der Waals surface area contributed by atoms with Gasteiger partial charge in [-0.05, 0) is 36.5 Å². The average molecular weight is 517 g/mol. The first-order chi connectivity index (χ1) is 13.5. The van der Waals surface area contributed by atoms with Crippen LogP contribution in [0.2, 0.25) is 10.0 Å². The van der Waals surface area contributed by atoms with Crippen molar-refractivity contribution in [3.63, 3.8) is 0 Å². The lowest BCUT2D eigenvalue weighted by Gasteiger charge is -2.27. The highest BCUT2D eigenvalue weighted by Gasteiger charge is 2.36. The van der Waals surface area contributed by atoms with Crippen molar-refractivity contribution in [3.8, 4) is 0 Å². The Morgan fingerprint density at radius 3 is 2.38 bits per heavy atom. The van der Waals surface area contributed by atoms with Gasteiger partial charge >= 0.3 is 0 Å². The van der Waals surface area contributed by atoms with Gasteiger partial charge in [0, 0.05) is 11.1 Å². The maximum Gasteiger partial charge on any atom is 0.282 e. The number of halogens is 5. The van der Waals surface area contributed by atoms with Crippen LogP contribution in [-0.2, 0) is 0 Å². The molecule has 0 saturated heterocycles. The van der Waals surface area contributed by atoms with Gasteiger partial charge < -0.3 is 16.0 Å². The highest BCUT2D eigenvalue weighted by molar-refractivity contribution is 7.80. The number of rotatable bonds is 5. The van der Waals surface area contributed by atoms with Crippen LogP contribution in [0.15, 0.2) is 42.5 Å². The summed E-state index contributed by atoms with van der Waals surface area (Å²) in [4.78, 5) is 23.0. The molecule has 2 aromatic rings. The minimum absolute atomic E-state index is 0.0478. The summed E-state index contributed by atoms with van der Waals surface area (Å²) in [5.41, 5.74) is -0.237. The van der Waals surface area contributed by atoms with Gasteiger partial charge in [-0.3, -0.25) is 14.9 Å². The zero-order valence-corrected chi connectivity index (χ0v) is 18.7. The molecule has 1 unspecified atom stereocenters. The zero-order chi connectivity index (χ0) is 21.8. The molecule has 0 aliphatic carbocycles. The smallest absolute Gasteiger partial charge is 0.282 e. The fourth-order valence-electron chi connectivity index (χ4n) is 2.12. The summed E-state index contributed by atoms with van der Waals surface area (Å²) < 4.78 is -2.05. The lowest BCUT2D eigenvalue weighted by Crippen LogP contribution is -2.56. The molecule has 1 amide bonds. The average Bonchev–Trinajstić information content (AvgIpc) is 2.63. The molecule has 0 heterocycles. The van der Waals surface area contributed by atoms with Crippen LogP contribution in [0.1, 0.15) is 10.4 Å². The van der Waals surface area contributed by atoms with Crippen molar-refractivity contribution in [1.29, 1.82) is 0 Å². The van der Waals surface area contributed by atoms with E-state index in [9.17, 15) is 14.9 Å². The SMILES string of the molecule is O=C(NC(NC(=S)Nc1cc(Cl)ccc1Cl)C(Cl)(Cl)Cl)c1ccccc1[N+](=O)[O-]. The fraction of sp³-hybridized carbons (Fsp3) is 0.125. The summed E-state index contributed by atoms with van der Waals surface area (Å²) in [5, 5.41) is 19.6. The number of anilines is 1. The van der Waals surface area contributed by atoms with Crippen molar-refractivity contribution in [2.75, 3.05) is 5.32 Å². The largest absolute Gasteiger partial charge is 0.339 e. The lowest BCUT2D eigenvalue weighted by molar-refractivity contribution is -0.385. The molecule has 2 rings (SSSR count). The van der Waals surface area contributed by atoms with Crippen molar-refractivity contribution in [3.05, 3.63) is 68.2 Å². The highest BCUT2D eigenvalue weighted by atomic mass is 35.6. The predicted octanol–water partition coefficient (Wildman–Crippen LogP) is 5.31. The number of nitrogens with one attached hydrogen (secondary N) is 3. The van der Waals surface area contributed by atoms with Crippen molar-refractivity contribution < 1.29 is 9.72 Å². The van der Waals surface area contributed by atoms with Crippen molar-refractivity contribution in [2.24, 2.45) is 0 Å². The number of hydrogen-bond donors (Lipinski definition) is 3. The van der Waals surface area contributed by atoms with Gasteiger partial charge in [0.15, 0.2) is 5.11 Å². The molecular formula is C16H11Cl5N4O3S. The van der Waals surface area contributed by atoms with E-state index in [0.29, 0.717) is 15.7 Å².